The van der Waals surface area contributed by atoms with Gasteiger partial charge in [-0.1, -0.05) is 18.2 Å². The summed E-state index contributed by atoms with van der Waals surface area (Å²) in [6.45, 7) is 0. The second-order valence-electron chi connectivity index (χ2n) is 5.17. The summed E-state index contributed by atoms with van der Waals surface area (Å²) in [6, 6.07) is 9.97. The number of rotatable bonds is 4. The zero-order valence-corrected chi connectivity index (χ0v) is 9.86. The van der Waals surface area contributed by atoms with Crippen molar-refractivity contribution >= 4 is 11.7 Å². The molecule has 0 unspecified atom stereocenters. The Morgan fingerprint density at radius 3 is 2.18 bits per heavy atom. The Bertz CT molecular complexity index is 384. The van der Waals surface area contributed by atoms with Crippen molar-refractivity contribution in [2.45, 2.75) is 31.7 Å². The van der Waals surface area contributed by atoms with Gasteiger partial charge in [0.05, 0.1) is 0 Å². The largest absolute Gasteiger partial charge is 0.335 e. The Hall–Kier alpha value is -1.51. The predicted octanol–water partition coefficient (Wildman–Crippen LogP) is 3.00. The van der Waals surface area contributed by atoms with Crippen molar-refractivity contribution in [1.29, 1.82) is 0 Å². The van der Waals surface area contributed by atoms with Gasteiger partial charge in [-0.25, -0.2) is 4.79 Å². The maximum atomic E-state index is 11.9. The fourth-order valence-electron chi connectivity index (χ4n) is 2.37. The monoisotopic (exact) mass is 230 g/mol. The summed E-state index contributed by atoms with van der Waals surface area (Å²) >= 11 is 0. The van der Waals surface area contributed by atoms with E-state index in [0.717, 1.165) is 17.5 Å². The third-order valence-corrected chi connectivity index (χ3v) is 3.59. The van der Waals surface area contributed by atoms with Crippen LogP contribution in [0.25, 0.3) is 0 Å². The predicted molar refractivity (Wildman–Crippen MR) is 67.8 cm³/mol. The highest BCUT2D eigenvalue weighted by Gasteiger charge is 2.42. The van der Waals surface area contributed by atoms with Crippen LogP contribution in [-0.4, -0.2) is 12.1 Å². The molecule has 0 saturated heterocycles. The van der Waals surface area contributed by atoms with Crippen molar-refractivity contribution in [2.75, 3.05) is 5.32 Å². The first-order valence-corrected chi connectivity index (χ1v) is 6.45. The van der Waals surface area contributed by atoms with Crippen molar-refractivity contribution in [3.05, 3.63) is 30.3 Å². The Balaban J connectivity index is 1.55. The van der Waals surface area contributed by atoms with Gasteiger partial charge in [0, 0.05) is 11.7 Å². The molecule has 0 aliphatic heterocycles. The summed E-state index contributed by atoms with van der Waals surface area (Å²) in [7, 11) is 0. The zero-order chi connectivity index (χ0) is 11.7. The van der Waals surface area contributed by atoms with Crippen LogP contribution in [0.1, 0.15) is 25.7 Å². The fourth-order valence-corrected chi connectivity index (χ4v) is 2.37. The van der Waals surface area contributed by atoms with Gasteiger partial charge < -0.3 is 10.6 Å². The van der Waals surface area contributed by atoms with Gasteiger partial charge in [0.15, 0.2) is 0 Å². The van der Waals surface area contributed by atoms with Gasteiger partial charge in [-0.15, -0.1) is 0 Å². The number of hydrogen-bond donors (Lipinski definition) is 2. The van der Waals surface area contributed by atoms with Crippen LogP contribution in [0, 0.1) is 11.8 Å². The van der Waals surface area contributed by atoms with Crippen molar-refractivity contribution in [3.63, 3.8) is 0 Å². The van der Waals surface area contributed by atoms with E-state index in [-0.39, 0.29) is 6.03 Å². The molecule has 2 amide bonds. The van der Waals surface area contributed by atoms with Crippen LogP contribution in [0.4, 0.5) is 10.5 Å². The van der Waals surface area contributed by atoms with Crippen LogP contribution >= 0.6 is 0 Å². The molecule has 0 radical (unpaired) electrons. The van der Waals surface area contributed by atoms with Crippen LogP contribution in [0.3, 0.4) is 0 Å². The third-order valence-electron chi connectivity index (χ3n) is 3.59. The maximum absolute atomic E-state index is 11.9. The molecular weight excluding hydrogens is 212 g/mol. The van der Waals surface area contributed by atoms with Gasteiger partial charge >= 0.3 is 6.03 Å². The van der Waals surface area contributed by atoms with Gasteiger partial charge in [0.25, 0.3) is 0 Å². The molecule has 2 aliphatic carbocycles. The minimum absolute atomic E-state index is 0.0556. The number of urea groups is 1. The highest BCUT2D eigenvalue weighted by molar-refractivity contribution is 5.89. The topological polar surface area (TPSA) is 41.1 Å². The minimum atomic E-state index is -0.0556. The lowest BCUT2D eigenvalue weighted by atomic mass is 10.1. The lowest BCUT2D eigenvalue weighted by Crippen LogP contribution is -2.40. The maximum Gasteiger partial charge on any atom is 0.319 e. The van der Waals surface area contributed by atoms with Crippen LogP contribution in [-0.2, 0) is 0 Å². The van der Waals surface area contributed by atoms with Gasteiger partial charge in [-0.05, 0) is 49.7 Å². The molecule has 2 N–H and O–H groups in total. The lowest BCUT2D eigenvalue weighted by molar-refractivity contribution is 0.245. The van der Waals surface area contributed by atoms with E-state index in [1.807, 2.05) is 30.3 Å². The Kier molecular flexibility index (Phi) is 2.75. The molecule has 17 heavy (non-hydrogen) atoms. The fraction of sp³-hybridized carbons (Fsp3) is 0.500. The molecule has 0 aromatic heterocycles. The average Bonchev–Trinajstić information content (AvgIpc) is 3.19. The SMILES string of the molecule is O=C(Nc1ccccc1)NC(C1CC1)C1CC1. The molecule has 2 fully saturated rings. The van der Waals surface area contributed by atoms with E-state index >= 15 is 0 Å². The highest BCUT2D eigenvalue weighted by Crippen LogP contribution is 2.44. The second kappa shape index (κ2) is 4.40. The van der Waals surface area contributed by atoms with E-state index in [4.69, 9.17) is 0 Å². The Labute approximate surface area is 102 Å². The number of benzene rings is 1. The van der Waals surface area contributed by atoms with E-state index in [0.29, 0.717) is 6.04 Å². The van der Waals surface area contributed by atoms with E-state index in [9.17, 15) is 4.79 Å². The zero-order valence-electron chi connectivity index (χ0n) is 9.86. The molecule has 0 heterocycles. The van der Waals surface area contributed by atoms with Crippen molar-refractivity contribution in [1.82, 2.24) is 5.32 Å². The summed E-state index contributed by atoms with van der Waals surface area (Å²) in [5.74, 6) is 1.48. The molecule has 0 spiro atoms. The number of hydrogen-bond acceptors (Lipinski definition) is 1. The van der Waals surface area contributed by atoms with Crippen molar-refractivity contribution < 1.29 is 4.79 Å². The van der Waals surface area contributed by atoms with Crippen LogP contribution in [0.15, 0.2) is 30.3 Å². The van der Waals surface area contributed by atoms with Gasteiger partial charge in [0.1, 0.15) is 0 Å². The van der Waals surface area contributed by atoms with E-state index in [1.165, 1.54) is 25.7 Å². The van der Waals surface area contributed by atoms with Crippen LogP contribution in [0.5, 0.6) is 0 Å². The molecule has 2 saturated carbocycles. The lowest BCUT2D eigenvalue weighted by Gasteiger charge is -2.18. The van der Waals surface area contributed by atoms with Gasteiger partial charge in [0.2, 0.25) is 0 Å². The molecule has 0 atom stereocenters. The standard InChI is InChI=1S/C14H18N2O/c17-14(15-12-4-2-1-3-5-12)16-13(10-6-7-10)11-8-9-11/h1-5,10-11,13H,6-9H2,(H2,15,16,17). The highest BCUT2D eigenvalue weighted by atomic mass is 16.2. The summed E-state index contributed by atoms with van der Waals surface area (Å²) < 4.78 is 0. The molecule has 3 rings (SSSR count). The average molecular weight is 230 g/mol. The van der Waals surface area contributed by atoms with Crippen LogP contribution in [0.2, 0.25) is 0 Å². The van der Waals surface area contributed by atoms with E-state index < -0.39 is 0 Å². The molecule has 3 nitrogen and oxygen atoms in total. The summed E-state index contributed by atoms with van der Waals surface area (Å²) in [5, 5.41) is 6.03. The van der Waals surface area contributed by atoms with Gasteiger partial charge in [-0.3, -0.25) is 0 Å². The summed E-state index contributed by atoms with van der Waals surface area (Å²) in [6.07, 6.45) is 5.14. The first-order valence-electron chi connectivity index (χ1n) is 6.45. The van der Waals surface area contributed by atoms with E-state index in [2.05, 4.69) is 10.6 Å². The third kappa shape index (κ3) is 2.78. The molecule has 0 bridgehead atoms. The smallest absolute Gasteiger partial charge is 0.319 e. The van der Waals surface area contributed by atoms with Crippen molar-refractivity contribution in [3.8, 4) is 0 Å². The molecular formula is C14H18N2O. The Morgan fingerprint density at radius 2 is 1.65 bits per heavy atom. The van der Waals surface area contributed by atoms with Crippen molar-refractivity contribution in [2.24, 2.45) is 11.8 Å². The quantitative estimate of drug-likeness (QED) is 0.820. The molecule has 90 valence electrons. The summed E-state index contributed by atoms with van der Waals surface area (Å²) in [4.78, 5) is 11.9. The molecule has 3 heteroatoms. The number of anilines is 1. The molecule has 1 aromatic rings. The number of nitrogens with one attached hydrogen (secondary N) is 2. The minimum Gasteiger partial charge on any atom is -0.335 e. The first kappa shape index (κ1) is 10.6. The van der Waals surface area contributed by atoms with Crippen LogP contribution < -0.4 is 10.6 Å². The van der Waals surface area contributed by atoms with E-state index in [1.54, 1.807) is 0 Å². The number of para-hydroxylation sites is 1. The molecule has 1 aromatic carbocycles. The number of carbonyl (C=O) groups is 1. The number of amides is 2. The molecule has 2 aliphatic rings. The first-order chi connectivity index (χ1) is 8.33. The second-order valence-corrected chi connectivity index (χ2v) is 5.17. The number of carbonyl (C=O) groups excluding carboxylic acids is 1. The normalized spacial score (nSPS) is 19.1. The Morgan fingerprint density at radius 1 is 1.06 bits per heavy atom. The summed E-state index contributed by atoms with van der Waals surface area (Å²) in [5.41, 5.74) is 0.857. The van der Waals surface area contributed by atoms with Gasteiger partial charge in [-0.2, -0.15) is 0 Å².